The minimum absolute atomic E-state index is 0.0366. The van der Waals surface area contributed by atoms with Crippen LogP contribution in [0.2, 0.25) is 0 Å². The van der Waals surface area contributed by atoms with Crippen molar-refractivity contribution >= 4 is 39.2 Å². The van der Waals surface area contributed by atoms with E-state index in [1.807, 2.05) is 11.6 Å². The van der Waals surface area contributed by atoms with Gasteiger partial charge in [-0.1, -0.05) is 6.92 Å². The number of carbonyl (C=O) groups is 3. The van der Waals surface area contributed by atoms with Crippen LogP contribution in [0.4, 0.5) is 0 Å². The highest BCUT2D eigenvalue weighted by Crippen LogP contribution is 2.39. The molecule has 1 N–H and O–H groups in total. The molecule has 1 aliphatic rings. The van der Waals surface area contributed by atoms with E-state index in [1.54, 1.807) is 0 Å². The number of ether oxygens (including phenoxy) is 2. The molecule has 1 aliphatic carbocycles. The van der Waals surface area contributed by atoms with Crippen LogP contribution in [0.5, 0.6) is 0 Å². The van der Waals surface area contributed by atoms with Crippen LogP contribution >= 0.6 is 11.3 Å². The molecule has 1 amide bonds. The summed E-state index contributed by atoms with van der Waals surface area (Å²) in [4.78, 5) is 35.6. The molecule has 2 atom stereocenters. The first-order valence-corrected chi connectivity index (χ1v) is 9.30. The molecule has 0 saturated heterocycles. The first kappa shape index (κ1) is 18.4. The van der Waals surface area contributed by atoms with Crippen molar-refractivity contribution in [3.05, 3.63) is 16.0 Å². The fourth-order valence-corrected chi connectivity index (χ4v) is 5.02. The lowest BCUT2D eigenvalue weighted by molar-refractivity contribution is -0.120. The van der Waals surface area contributed by atoms with E-state index in [-0.39, 0.29) is 27.8 Å². The Morgan fingerprint density at radius 3 is 2.17 bits per heavy atom. The Hall–Kier alpha value is -1.94. The van der Waals surface area contributed by atoms with Crippen LogP contribution in [0.3, 0.4) is 0 Å². The van der Waals surface area contributed by atoms with Crippen molar-refractivity contribution < 1.29 is 32.3 Å². The molecule has 1 fully saturated rings. The van der Waals surface area contributed by atoms with Gasteiger partial charge >= 0.3 is 11.9 Å². The fraction of sp³-hybridized carbons (Fsp3) is 0.500. The van der Waals surface area contributed by atoms with Gasteiger partial charge in [-0.3, -0.25) is 4.79 Å². The summed E-state index contributed by atoms with van der Waals surface area (Å²) < 4.78 is 35.8. The van der Waals surface area contributed by atoms with Gasteiger partial charge in [-0.2, -0.15) is 0 Å². The van der Waals surface area contributed by atoms with Gasteiger partial charge < -0.3 is 9.47 Å². The van der Waals surface area contributed by atoms with Crippen molar-refractivity contribution in [2.75, 3.05) is 14.2 Å². The summed E-state index contributed by atoms with van der Waals surface area (Å²) in [6, 6.07) is 0. The van der Waals surface area contributed by atoms with Gasteiger partial charge in [0, 0.05) is 5.92 Å². The lowest BCUT2D eigenvalue weighted by Gasteiger charge is -2.07. The van der Waals surface area contributed by atoms with Crippen molar-refractivity contribution in [1.29, 1.82) is 0 Å². The Morgan fingerprint density at radius 2 is 1.71 bits per heavy atom. The summed E-state index contributed by atoms with van der Waals surface area (Å²) in [6.07, 6.45) is 0.613. The number of hydrogen-bond acceptors (Lipinski definition) is 8. The number of nitrogens with one attached hydrogen (secondary N) is 1. The molecule has 2 rings (SSSR count). The molecule has 0 aromatic carbocycles. The van der Waals surface area contributed by atoms with Gasteiger partial charge in [0.05, 0.1) is 19.8 Å². The molecule has 0 spiro atoms. The largest absolute Gasteiger partial charge is 0.465 e. The fourth-order valence-electron chi connectivity index (χ4n) is 2.24. The topological polar surface area (TPSA) is 116 Å². The van der Waals surface area contributed by atoms with Crippen molar-refractivity contribution in [2.45, 2.75) is 24.5 Å². The zero-order valence-corrected chi connectivity index (χ0v) is 15.2. The highest BCUT2D eigenvalue weighted by Gasteiger charge is 2.42. The Bertz CT molecular complexity index is 809. The van der Waals surface area contributed by atoms with E-state index in [2.05, 4.69) is 9.47 Å². The minimum atomic E-state index is -4.31. The second kappa shape index (κ2) is 6.52. The monoisotopic (exact) mass is 375 g/mol. The van der Waals surface area contributed by atoms with Crippen LogP contribution < -0.4 is 4.72 Å². The highest BCUT2D eigenvalue weighted by molar-refractivity contribution is 7.92. The third kappa shape index (κ3) is 3.29. The number of rotatable bonds is 5. The third-order valence-corrected chi connectivity index (χ3v) is 6.94. The molecule has 24 heavy (non-hydrogen) atoms. The maximum atomic E-state index is 12.5. The predicted octanol–water partition coefficient (Wildman–Crippen LogP) is 1.09. The van der Waals surface area contributed by atoms with E-state index >= 15 is 0 Å². The van der Waals surface area contributed by atoms with Crippen LogP contribution in [-0.4, -0.2) is 40.5 Å². The van der Waals surface area contributed by atoms with Gasteiger partial charge in [0.25, 0.3) is 10.0 Å². The second-order valence-electron chi connectivity index (χ2n) is 5.49. The van der Waals surface area contributed by atoms with E-state index in [0.29, 0.717) is 17.8 Å². The summed E-state index contributed by atoms with van der Waals surface area (Å²) in [5.74, 6) is -2.54. The molecule has 1 heterocycles. The molecule has 1 aromatic rings. The van der Waals surface area contributed by atoms with Crippen molar-refractivity contribution in [3.63, 3.8) is 0 Å². The van der Waals surface area contributed by atoms with Crippen LogP contribution in [-0.2, 0) is 24.3 Å². The Morgan fingerprint density at radius 1 is 1.17 bits per heavy atom. The van der Waals surface area contributed by atoms with Gasteiger partial charge in [0.2, 0.25) is 5.91 Å². The standard InChI is InChI=1S/C14H17NO7S2/c1-6-5-8(6)11(16)15-24(19,20)14-9(12(17)21-3)7(2)10(23-14)13(18)22-4/h6,8H,5H2,1-4H3,(H,15,16)/t6-,8-/m1/s1. The van der Waals surface area contributed by atoms with E-state index in [1.165, 1.54) is 6.92 Å². The molecule has 1 saturated carbocycles. The van der Waals surface area contributed by atoms with Gasteiger partial charge in [-0.15, -0.1) is 11.3 Å². The zero-order valence-electron chi connectivity index (χ0n) is 13.5. The minimum Gasteiger partial charge on any atom is -0.465 e. The average Bonchev–Trinajstić information content (AvgIpc) is 3.15. The number of carbonyl (C=O) groups excluding carboxylic acids is 3. The molecule has 10 heteroatoms. The third-order valence-electron chi connectivity index (χ3n) is 3.80. The summed E-state index contributed by atoms with van der Waals surface area (Å²) in [7, 11) is -2.07. The van der Waals surface area contributed by atoms with E-state index in [0.717, 1.165) is 14.2 Å². The van der Waals surface area contributed by atoms with Crippen LogP contribution in [0.1, 0.15) is 38.9 Å². The summed E-state index contributed by atoms with van der Waals surface area (Å²) in [6.45, 7) is 3.25. The van der Waals surface area contributed by atoms with Gasteiger partial charge in [0.15, 0.2) is 4.21 Å². The van der Waals surface area contributed by atoms with Crippen LogP contribution in [0.15, 0.2) is 4.21 Å². The Balaban J connectivity index is 2.49. The molecule has 0 radical (unpaired) electrons. The number of esters is 2. The predicted molar refractivity (Wildman–Crippen MR) is 84.3 cm³/mol. The number of thiophene rings is 1. The maximum absolute atomic E-state index is 12.5. The molecule has 8 nitrogen and oxygen atoms in total. The van der Waals surface area contributed by atoms with Crippen LogP contribution in [0, 0.1) is 18.8 Å². The van der Waals surface area contributed by atoms with E-state index < -0.39 is 32.1 Å². The van der Waals surface area contributed by atoms with Gasteiger partial charge in [0.1, 0.15) is 4.88 Å². The maximum Gasteiger partial charge on any atom is 0.348 e. The summed E-state index contributed by atoms with van der Waals surface area (Å²) in [5.41, 5.74) is -0.140. The van der Waals surface area contributed by atoms with Gasteiger partial charge in [-0.25, -0.2) is 22.7 Å². The first-order chi connectivity index (χ1) is 11.1. The molecule has 132 valence electrons. The zero-order chi connectivity index (χ0) is 18.2. The average molecular weight is 375 g/mol. The van der Waals surface area contributed by atoms with Crippen molar-refractivity contribution in [2.24, 2.45) is 11.8 Å². The Labute approximate surface area is 143 Å². The van der Waals surface area contributed by atoms with E-state index in [9.17, 15) is 22.8 Å². The molecule has 1 aromatic heterocycles. The molecular weight excluding hydrogens is 358 g/mol. The Kier molecular flexibility index (Phi) is 5.00. The highest BCUT2D eigenvalue weighted by atomic mass is 32.2. The number of amides is 1. The van der Waals surface area contributed by atoms with Crippen molar-refractivity contribution in [1.82, 2.24) is 4.72 Å². The summed E-state index contributed by atoms with van der Waals surface area (Å²) in [5, 5.41) is 0. The normalized spacial score (nSPS) is 19.5. The molecule has 0 bridgehead atoms. The van der Waals surface area contributed by atoms with Crippen LogP contribution in [0.25, 0.3) is 0 Å². The number of methoxy groups -OCH3 is 2. The number of hydrogen-bond donors (Lipinski definition) is 1. The molecule has 0 aliphatic heterocycles. The van der Waals surface area contributed by atoms with E-state index in [4.69, 9.17) is 0 Å². The van der Waals surface area contributed by atoms with Crippen molar-refractivity contribution in [3.8, 4) is 0 Å². The molecule has 0 unspecified atom stereocenters. The van der Waals surface area contributed by atoms with Gasteiger partial charge in [-0.05, 0) is 24.8 Å². The lowest BCUT2D eigenvalue weighted by atomic mass is 10.2. The molecular formula is C14H17NO7S2. The summed E-state index contributed by atoms with van der Waals surface area (Å²) >= 11 is 0.566. The SMILES string of the molecule is COC(=O)c1sc(S(=O)(=O)NC(=O)[C@@H]2C[C@H]2C)c(C(=O)OC)c1C. The first-order valence-electron chi connectivity index (χ1n) is 7.00. The number of sulfonamides is 1. The second-order valence-corrected chi connectivity index (χ2v) is 8.39. The quantitative estimate of drug-likeness (QED) is 0.766. The smallest absolute Gasteiger partial charge is 0.348 e. The lowest BCUT2D eigenvalue weighted by Crippen LogP contribution is -2.32.